The summed E-state index contributed by atoms with van der Waals surface area (Å²) in [6.07, 6.45) is 0. The molecule has 2 aromatic carbocycles. The van der Waals surface area contributed by atoms with Crippen LogP contribution in [0.5, 0.6) is 0 Å². The first-order valence-corrected chi connectivity index (χ1v) is 6.67. The van der Waals surface area contributed by atoms with Gasteiger partial charge in [-0.3, -0.25) is 4.79 Å². The summed E-state index contributed by atoms with van der Waals surface area (Å²) < 4.78 is 0.933. The van der Waals surface area contributed by atoms with E-state index in [-0.39, 0.29) is 5.91 Å². The number of aryl methyl sites for hydroxylation is 1. The van der Waals surface area contributed by atoms with E-state index in [2.05, 4.69) is 33.9 Å². The van der Waals surface area contributed by atoms with Gasteiger partial charge in [0.05, 0.1) is 5.56 Å². The molecule has 0 aliphatic carbocycles. The normalized spacial score (nSPS) is 10.2. The van der Waals surface area contributed by atoms with E-state index in [1.54, 1.807) is 12.1 Å². The smallest absolute Gasteiger partial charge is 0.256 e. The van der Waals surface area contributed by atoms with E-state index in [1.165, 1.54) is 0 Å². The van der Waals surface area contributed by atoms with Gasteiger partial charge in [0.15, 0.2) is 0 Å². The zero-order valence-corrected chi connectivity index (χ0v) is 12.3. The van der Waals surface area contributed by atoms with Gasteiger partial charge in [-0.15, -0.1) is 12.6 Å². The summed E-state index contributed by atoms with van der Waals surface area (Å²) >= 11 is 7.67. The average molecular weight is 322 g/mol. The summed E-state index contributed by atoms with van der Waals surface area (Å²) in [5.74, 6) is -0.151. The molecule has 2 rings (SSSR count). The molecule has 4 heteroatoms. The highest BCUT2D eigenvalue weighted by atomic mass is 79.9. The number of carbonyl (C=O) groups excluding carboxylic acids is 1. The minimum Gasteiger partial charge on any atom is -0.322 e. The maximum absolute atomic E-state index is 12.1. The van der Waals surface area contributed by atoms with Gasteiger partial charge in [-0.05, 0) is 36.8 Å². The van der Waals surface area contributed by atoms with E-state index in [0.29, 0.717) is 10.5 Å². The Morgan fingerprint density at radius 2 is 1.94 bits per heavy atom. The molecule has 0 radical (unpaired) electrons. The lowest BCUT2D eigenvalue weighted by molar-refractivity contribution is 0.102. The van der Waals surface area contributed by atoms with Crippen molar-refractivity contribution in [2.45, 2.75) is 11.8 Å². The fourth-order valence-corrected chi connectivity index (χ4v) is 2.21. The van der Waals surface area contributed by atoms with Crippen molar-refractivity contribution in [3.8, 4) is 0 Å². The number of thiol groups is 1. The van der Waals surface area contributed by atoms with Crippen molar-refractivity contribution in [3.63, 3.8) is 0 Å². The number of benzene rings is 2. The molecule has 0 atom stereocenters. The summed E-state index contributed by atoms with van der Waals surface area (Å²) in [4.78, 5) is 12.8. The van der Waals surface area contributed by atoms with Crippen molar-refractivity contribution >= 4 is 40.2 Å². The van der Waals surface area contributed by atoms with Crippen molar-refractivity contribution in [2.75, 3.05) is 5.32 Å². The molecule has 0 heterocycles. The van der Waals surface area contributed by atoms with Crippen molar-refractivity contribution in [2.24, 2.45) is 0 Å². The first-order valence-electron chi connectivity index (χ1n) is 5.43. The largest absolute Gasteiger partial charge is 0.322 e. The van der Waals surface area contributed by atoms with E-state index < -0.39 is 0 Å². The van der Waals surface area contributed by atoms with Crippen molar-refractivity contribution in [1.82, 2.24) is 0 Å². The lowest BCUT2D eigenvalue weighted by Crippen LogP contribution is -2.13. The average Bonchev–Trinajstić information content (AvgIpc) is 2.34. The summed E-state index contributed by atoms with van der Waals surface area (Å²) in [5, 5.41) is 2.89. The van der Waals surface area contributed by atoms with Crippen LogP contribution >= 0.6 is 28.6 Å². The number of halogens is 1. The van der Waals surface area contributed by atoms with Crippen LogP contribution in [0.4, 0.5) is 5.69 Å². The first kappa shape index (κ1) is 13.2. The maximum Gasteiger partial charge on any atom is 0.256 e. The molecule has 0 fully saturated rings. The van der Waals surface area contributed by atoms with E-state index in [9.17, 15) is 4.79 Å². The molecule has 2 aromatic rings. The number of anilines is 1. The molecular weight excluding hydrogens is 310 g/mol. The Balaban J connectivity index is 2.27. The Bertz CT molecular complexity index is 598. The van der Waals surface area contributed by atoms with Crippen LogP contribution in [0.1, 0.15) is 15.9 Å². The van der Waals surface area contributed by atoms with Crippen LogP contribution < -0.4 is 5.32 Å². The number of carbonyl (C=O) groups is 1. The Morgan fingerprint density at radius 3 is 2.67 bits per heavy atom. The monoisotopic (exact) mass is 321 g/mol. The molecular formula is C14H12BrNOS. The van der Waals surface area contributed by atoms with Gasteiger partial charge in [0.25, 0.3) is 5.91 Å². The fourth-order valence-electron chi connectivity index (χ4n) is 1.58. The molecule has 0 spiro atoms. The SMILES string of the molecule is Cc1ccc(Br)cc1NC(=O)c1ccccc1S. The third kappa shape index (κ3) is 2.94. The second-order valence-electron chi connectivity index (χ2n) is 3.93. The first-order chi connectivity index (χ1) is 8.58. The molecule has 2 nitrogen and oxygen atoms in total. The van der Waals surface area contributed by atoms with Crippen LogP contribution in [0, 0.1) is 6.92 Å². The lowest BCUT2D eigenvalue weighted by atomic mass is 10.1. The van der Waals surface area contributed by atoms with Crippen LogP contribution in [-0.2, 0) is 0 Å². The molecule has 18 heavy (non-hydrogen) atoms. The van der Waals surface area contributed by atoms with Crippen LogP contribution in [0.3, 0.4) is 0 Å². The Morgan fingerprint density at radius 1 is 1.22 bits per heavy atom. The van der Waals surface area contributed by atoms with E-state index in [1.807, 2.05) is 37.3 Å². The van der Waals surface area contributed by atoms with E-state index in [4.69, 9.17) is 0 Å². The molecule has 0 aliphatic heterocycles. The lowest BCUT2D eigenvalue weighted by Gasteiger charge is -2.10. The highest BCUT2D eigenvalue weighted by molar-refractivity contribution is 9.10. The summed E-state index contributed by atoms with van der Waals surface area (Å²) in [6, 6.07) is 13.0. The zero-order chi connectivity index (χ0) is 13.1. The van der Waals surface area contributed by atoms with Gasteiger partial charge in [-0.1, -0.05) is 34.1 Å². The highest BCUT2D eigenvalue weighted by Crippen LogP contribution is 2.22. The summed E-state index contributed by atoms with van der Waals surface area (Å²) in [7, 11) is 0. The third-order valence-electron chi connectivity index (χ3n) is 2.60. The molecule has 92 valence electrons. The second kappa shape index (κ2) is 5.59. The molecule has 0 saturated heterocycles. The van der Waals surface area contributed by atoms with Gasteiger partial charge in [-0.2, -0.15) is 0 Å². The molecule has 0 unspecified atom stereocenters. The predicted molar refractivity (Wildman–Crippen MR) is 80.5 cm³/mol. The van der Waals surface area contributed by atoms with Gasteiger partial charge < -0.3 is 5.32 Å². The summed E-state index contributed by atoms with van der Waals surface area (Å²) in [5.41, 5.74) is 2.38. The van der Waals surface area contributed by atoms with E-state index in [0.717, 1.165) is 15.7 Å². The van der Waals surface area contributed by atoms with Gasteiger partial charge >= 0.3 is 0 Å². The minimum absolute atomic E-state index is 0.151. The Labute approximate surface area is 120 Å². The standard InChI is InChI=1S/C14H12BrNOS/c1-9-6-7-10(15)8-12(9)16-14(17)11-4-2-3-5-13(11)18/h2-8,18H,1H3,(H,16,17). The van der Waals surface area contributed by atoms with Gasteiger partial charge in [0.2, 0.25) is 0 Å². The Kier molecular flexibility index (Phi) is 4.09. The molecule has 0 saturated carbocycles. The van der Waals surface area contributed by atoms with Crippen LogP contribution in [0.25, 0.3) is 0 Å². The topological polar surface area (TPSA) is 29.1 Å². The quantitative estimate of drug-likeness (QED) is 0.793. The van der Waals surface area contributed by atoms with Crippen LogP contribution in [0.2, 0.25) is 0 Å². The minimum atomic E-state index is -0.151. The number of amides is 1. The van der Waals surface area contributed by atoms with Crippen LogP contribution in [0.15, 0.2) is 51.8 Å². The third-order valence-corrected chi connectivity index (χ3v) is 3.48. The molecule has 0 aliphatic rings. The maximum atomic E-state index is 12.1. The fraction of sp³-hybridized carbons (Fsp3) is 0.0714. The van der Waals surface area contributed by atoms with Gasteiger partial charge in [0.1, 0.15) is 0 Å². The molecule has 0 bridgehead atoms. The highest BCUT2D eigenvalue weighted by Gasteiger charge is 2.10. The number of hydrogen-bond donors (Lipinski definition) is 2. The number of rotatable bonds is 2. The second-order valence-corrected chi connectivity index (χ2v) is 5.33. The molecule has 1 amide bonds. The van der Waals surface area contributed by atoms with Crippen molar-refractivity contribution in [1.29, 1.82) is 0 Å². The van der Waals surface area contributed by atoms with Crippen LogP contribution in [-0.4, -0.2) is 5.91 Å². The predicted octanol–water partition coefficient (Wildman–Crippen LogP) is 4.30. The van der Waals surface area contributed by atoms with Gasteiger partial charge in [-0.25, -0.2) is 0 Å². The van der Waals surface area contributed by atoms with Crippen molar-refractivity contribution < 1.29 is 4.79 Å². The number of hydrogen-bond acceptors (Lipinski definition) is 2. The molecule has 0 aromatic heterocycles. The summed E-state index contributed by atoms with van der Waals surface area (Å²) in [6.45, 7) is 1.95. The zero-order valence-electron chi connectivity index (χ0n) is 9.77. The number of nitrogens with one attached hydrogen (secondary N) is 1. The van der Waals surface area contributed by atoms with E-state index >= 15 is 0 Å². The Hall–Kier alpha value is -1.26. The molecule has 1 N–H and O–H groups in total. The van der Waals surface area contributed by atoms with Gasteiger partial charge in [0, 0.05) is 15.1 Å². The van der Waals surface area contributed by atoms with Crippen molar-refractivity contribution in [3.05, 3.63) is 58.1 Å².